The fourth-order valence-electron chi connectivity index (χ4n) is 3.07. The Hall–Kier alpha value is -4.84. The molecule has 172 valence electrons. The highest BCUT2D eigenvalue weighted by atomic mass is 16.6. The molecule has 9 nitrogen and oxygen atoms in total. The molecule has 0 fully saturated rings. The maximum Gasteiger partial charge on any atom is 0.269 e. The zero-order chi connectivity index (χ0) is 24.5. The van der Waals surface area contributed by atoms with Crippen molar-refractivity contribution in [1.29, 1.82) is 5.26 Å². The van der Waals surface area contributed by atoms with Crippen molar-refractivity contribution in [2.75, 3.05) is 19.5 Å². The Morgan fingerprint density at radius 2 is 1.71 bits per heavy atom. The summed E-state index contributed by atoms with van der Waals surface area (Å²) in [5, 5.41) is 23.1. The third kappa shape index (κ3) is 5.69. The molecule has 0 atom stereocenters. The number of para-hydroxylation sites is 3. The van der Waals surface area contributed by atoms with Gasteiger partial charge in [0.1, 0.15) is 24.0 Å². The minimum atomic E-state index is -0.615. The lowest BCUT2D eigenvalue weighted by atomic mass is 10.1. The van der Waals surface area contributed by atoms with Crippen LogP contribution in [0, 0.1) is 21.4 Å². The van der Waals surface area contributed by atoms with Gasteiger partial charge in [-0.2, -0.15) is 5.26 Å². The van der Waals surface area contributed by atoms with Gasteiger partial charge in [0.15, 0.2) is 11.5 Å². The molecule has 0 aromatic heterocycles. The van der Waals surface area contributed by atoms with Gasteiger partial charge < -0.3 is 19.5 Å². The summed E-state index contributed by atoms with van der Waals surface area (Å²) in [6.45, 7) is 0.0918. The van der Waals surface area contributed by atoms with Crippen LogP contribution in [-0.4, -0.2) is 25.1 Å². The van der Waals surface area contributed by atoms with Crippen LogP contribution in [0.5, 0.6) is 17.2 Å². The van der Waals surface area contributed by atoms with Gasteiger partial charge in [0, 0.05) is 17.7 Å². The smallest absolute Gasteiger partial charge is 0.269 e. The molecule has 1 amide bonds. The molecule has 0 saturated carbocycles. The van der Waals surface area contributed by atoms with Gasteiger partial charge in [-0.25, -0.2) is 0 Å². The van der Waals surface area contributed by atoms with E-state index in [9.17, 15) is 20.2 Å². The second-order valence-corrected chi connectivity index (χ2v) is 6.92. The first-order chi connectivity index (χ1) is 16.5. The average Bonchev–Trinajstić information content (AvgIpc) is 2.86. The number of methoxy groups -OCH3 is 2. The van der Waals surface area contributed by atoms with E-state index in [0.717, 1.165) is 0 Å². The molecule has 0 spiro atoms. The van der Waals surface area contributed by atoms with Gasteiger partial charge >= 0.3 is 0 Å². The SMILES string of the molecule is COc1ccccc1NC(=O)C(C#N)=Cc1cccc(OC)c1OCc1ccc([N+](=O)[O-])cc1. The van der Waals surface area contributed by atoms with Crippen LogP contribution in [0.4, 0.5) is 11.4 Å². The van der Waals surface area contributed by atoms with Crippen LogP contribution in [0.1, 0.15) is 11.1 Å². The first-order valence-electron chi connectivity index (χ1n) is 10.1. The molecule has 0 bridgehead atoms. The Bertz CT molecular complexity index is 1260. The van der Waals surface area contributed by atoms with Crippen molar-refractivity contribution in [3.63, 3.8) is 0 Å². The third-order valence-electron chi connectivity index (χ3n) is 4.78. The van der Waals surface area contributed by atoms with E-state index in [1.54, 1.807) is 54.6 Å². The van der Waals surface area contributed by atoms with Crippen molar-refractivity contribution in [2.24, 2.45) is 0 Å². The number of rotatable bonds is 9. The van der Waals surface area contributed by atoms with Crippen molar-refractivity contribution in [3.05, 3.63) is 93.5 Å². The summed E-state index contributed by atoms with van der Waals surface area (Å²) in [7, 11) is 2.96. The van der Waals surface area contributed by atoms with Crippen LogP contribution in [0.25, 0.3) is 6.08 Å². The highest BCUT2D eigenvalue weighted by Crippen LogP contribution is 2.34. The van der Waals surface area contributed by atoms with Gasteiger partial charge in [0.05, 0.1) is 24.8 Å². The Labute approximate surface area is 196 Å². The predicted octanol–water partition coefficient (Wildman–Crippen LogP) is 4.74. The molecule has 0 heterocycles. The largest absolute Gasteiger partial charge is 0.495 e. The molecule has 9 heteroatoms. The predicted molar refractivity (Wildman–Crippen MR) is 126 cm³/mol. The number of ether oxygens (including phenoxy) is 3. The quantitative estimate of drug-likeness (QED) is 0.212. The van der Waals surface area contributed by atoms with E-state index in [1.165, 1.54) is 32.4 Å². The molecule has 0 radical (unpaired) electrons. The molecule has 3 rings (SSSR count). The molecular weight excluding hydrogens is 438 g/mol. The molecule has 0 unspecified atom stereocenters. The van der Waals surface area contributed by atoms with E-state index < -0.39 is 10.8 Å². The van der Waals surface area contributed by atoms with E-state index in [-0.39, 0.29) is 17.9 Å². The number of nitriles is 1. The van der Waals surface area contributed by atoms with Gasteiger partial charge in [-0.15, -0.1) is 0 Å². The third-order valence-corrected chi connectivity index (χ3v) is 4.78. The molecule has 0 aliphatic heterocycles. The number of hydrogen-bond acceptors (Lipinski definition) is 7. The lowest BCUT2D eigenvalue weighted by molar-refractivity contribution is -0.384. The Balaban J connectivity index is 1.87. The van der Waals surface area contributed by atoms with Crippen molar-refractivity contribution in [1.82, 2.24) is 0 Å². The topological polar surface area (TPSA) is 124 Å². The number of nitrogens with zero attached hydrogens (tertiary/aromatic N) is 2. The molecule has 1 N–H and O–H groups in total. The molecule has 0 aliphatic rings. The fourth-order valence-corrected chi connectivity index (χ4v) is 3.07. The first kappa shape index (κ1) is 23.8. The van der Waals surface area contributed by atoms with Gasteiger partial charge in [-0.1, -0.05) is 24.3 Å². The molecule has 0 aliphatic carbocycles. The van der Waals surface area contributed by atoms with Gasteiger partial charge in [-0.05, 0) is 42.0 Å². The van der Waals surface area contributed by atoms with Gasteiger partial charge in [-0.3, -0.25) is 14.9 Å². The van der Waals surface area contributed by atoms with Crippen LogP contribution in [0.3, 0.4) is 0 Å². The number of carbonyl (C=O) groups is 1. The van der Waals surface area contributed by atoms with E-state index in [4.69, 9.17) is 14.2 Å². The minimum Gasteiger partial charge on any atom is -0.495 e. The number of nitro benzene ring substituents is 1. The zero-order valence-corrected chi connectivity index (χ0v) is 18.5. The summed E-state index contributed by atoms with van der Waals surface area (Å²) in [6.07, 6.45) is 1.40. The maximum absolute atomic E-state index is 12.8. The number of hydrogen-bond donors (Lipinski definition) is 1. The first-order valence-corrected chi connectivity index (χ1v) is 10.1. The number of amides is 1. The summed E-state index contributed by atoms with van der Waals surface area (Å²) < 4.78 is 16.5. The highest BCUT2D eigenvalue weighted by Gasteiger charge is 2.16. The Kier molecular flexibility index (Phi) is 7.81. The van der Waals surface area contributed by atoms with E-state index in [1.807, 2.05) is 6.07 Å². The van der Waals surface area contributed by atoms with E-state index in [2.05, 4.69) is 5.32 Å². The normalized spacial score (nSPS) is 10.7. The molecular formula is C25H21N3O6. The monoisotopic (exact) mass is 459 g/mol. The van der Waals surface area contributed by atoms with Crippen LogP contribution in [0.15, 0.2) is 72.3 Å². The standard InChI is InChI=1S/C25H21N3O6/c1-32-22-8-4-3-7-21(22)27-25(29)19(15-26)14-18-6-5-9-23(33-2)24(18)34-16-17-10-12-20(13-11-17)28(30)31/h3-14H,16H2,1-2H3,(H,27,29). The summed E-state index contributed by atoms with van der Waals surface area (Å²) >= 11 is 0. The van der Waals surface area contributed by atoms with Crippen molar-refractivity contribution in [3.8, 4) is 23.3 Å². The molecule has 3 aromatic carbocycles. The number of anilines is 1. The zero-order valence-electron chi connectivity index (χ0n) is 18.5. The van der Waals surface area contributed by atoms with Crippen molar-refractivity contribution in [2.45, 2.75) is 6.61 Å². The number of nitro groups is 1. The lowest BCUT2D eigenvalue weighted by Crippen LogP contribution is -2.14. The van der Waals surface area contributed by atoms with E-state index in [0.29, 0.717) is 34.1 Å². The second kappa shape index (κ2) is 11.2. The number of non-ortho nitro benzene ring substituents is 1. The molecule has 0 saturated heterocycles. The highest BCUT2D eigenvalue weighted by molar-refractivity contribution is 6.10. The van der Waals surface area contributed by atoms with Crippen LogP contribution in [0.2, 0.25) is 0 Å². The lowest BCUT2D eigenvalue weighted by Gasteiger charge is -2.14. The summed E-state index contributed by atoms with van der Waals surface area (Å²) in [4.78, 5) is 23.1. The summed E-state index contributed by atoms with van der Waals surface area (Å²) in [5.74, 6) is 0.567. The van der Waals surface area contributed by atoms with Crippen molar-refractivity contribution >= 4 is 23.4 Å². The summed E-state index contributed by atoms with van der Waals surface area (Å²) in [6, 6.07) is 19.8. The Morgan fingerprint density at radius 3 is 2.35 bits per heavy atom. The van der Waals surface area contributed by atoms with Gasteiger partial charge in [0.2, 0.25) is 0 Å². The van der Waals surface area contributed by atoms with Gasteiger partial charge in [0.25, 0.3) is 11.6 Å². The Morgan fingerprint density at radius 1 is 1.03 bits per heavy atom. The molecule has 3 aromatic rings. The van der Waals surface area contributed by atoms with Crippen LogP contribution < -0.4 is 19.5 Å². The summed E-state index contributed by atoms with van der Waals surface area (Å²) in [5.41, 5.74) is 1.40. The van der Waals surface area contributed by atoms with Crippen LogP contribution >= 0.6 is 0 Å². The maximum atomic E-state index is 12.8. The molecule has 34 heavy (non-hydrogen) atoms. The minimum absolute atomic E-state index is 0.0237. The van der Waals surface area contributed by atoms with Crippen molar-refractivity contribution < 1.29 is 23.9 Å². The fraction of sp³-hybridized carbons (Fsp3) is 0.120. The average molecular weight is 459 g/mol. The number of nitrogens with one attached hydrogen (secondary N) is 1. The van der Waals surface area contributed by atoms with Crippen LogP contribution in [-0.2, 0) is 11.4 Å². The second-order valence-electron chi connectivity index (χ2n) is 6.92. The van der Waals surface area contributed by atoms with E-state index >= 15 is 0 Å². The number of carbonyl (C=O) groups excluding carboxylic acids is 1. The number of benzene rings is 3.